The van der Waals surface area contributed by atoms with Gasteiger partial charge in [-0.3, -0.25) is 4.90 Å². The highest BCUT2D eigenvalue weighted by Gasteiger charge is 2.37. The maximum atomic E-state index is 12.8. The molecule has 0 saturated carbocycles. The van der Waals surface area contributed by atoms with Gasteiger partial charge >= 0.3 is 12.1 Å². The third kappa shape index (κ3) is 8.62. The first kappa shape index (κ1) is 31.6. The molecule has 0 radical (unpaired) electrons. The maximum Gasteiger partial charge on any atom is 0.411 e. The number of rotatable bonds is 11. The topological polar surface area (TPSA) is 98.2 Å². The average Bonchev–Trinajstić information content (AvgIpc) is 3.03. The lowest BCUT2D eigenvalue weighted by molar-refractivity contribution is -0.143. The van der Waals surface area contributed by atoms with Crippen molar-refractivity contribution in [3.63, 3.8) is 0 Å². The van der Waals surface area contributed by atoms with Gasteiger partial charge in [-0.05, 0) is 80.5 Å². The van der Waals surface area contributed by atoms with Crippen molar-refractivity contribution in [2.45, 2.75) is 64.6 Å². The van der Waals surface area contributed by atoms with E-state index in [9.17, 15) is 14.7 Å². The van der Waals surface area contributed by atoms with Crippen LogP contribution in [0.1, 0.15) is 51.2 Å². The number of benzene rings is 3. The molecule has 4 aromatic rings. The molecule has 1 unspecified atom stereocenters. The first-order valence-corrected chi connectivity index (χ1v) is 15.4. The molecular weight excluding hydrogens is 568 g/mol. The number of carbonyl (C=O) groups excluding carboxylic acids is 1. The third-order valence-electron chi connectivity index (χ3n) is 7.51. The number of hydrogen-bond donors (Lipinski definition) is 1. The molecule has 1 amide bonds. The first-order valence-electron chi connectivity index (χ1n) is 15.4. The largest absolute Gasteiger partial charge is 0.494 e. The van der Waals surface area contributed by atoms with Gasteiger partial charge < -0.3 is 19.3 Å². The zero-order valence-electron chi connectivity index (χ0n) is 26.1. The van der Waals surface area contributed by atoms with E-state index in [1.165, 1.54) is 4.90 Å². The summed E-state index contributed by atoms with van der Waals surface area (Å²) in [5, 5.41) is 9.74. The molecule has 0 saturated heterocycles. The summed E-state index contributed by atoms with van der Waals surface area (Å²) < 4.78 is 17.6. The molecule has 3 aromatic carbocycles. The lowest BCUT2D eigenvalue weighted by Gasteiger charge is -2.35. The number of carboxylic acids is 1. The summed E-state index contributed by atoms with van der Waals surface area (Å²) >= 11 is 0. The summed E-state index contributed by atoms with van der Waals surface area (Å²) in [6, 6.07) is 29.1. The fourth-order valence-corrected chi connectivity index (χ4v) is 5.26. The predicted octanol–water partition coefficient (Wildman–Crippen LogP) is 7.79. The van der Waals surface area contributed by atoms with Crippen LogP contribution in [0.3, 0.4) is 0 Å². The number of unbranched alkanes of at least 4 members (excludes halogenated alkanes) is 2. The van der Waals surface area contributed by atoms with Crippen molar-refractivity contribution in [2.24, 2.45) is 0 Å². The van der Waals surface area contributed by atoms with Crippen LogP contribution in [0.2, 0.25) is 0 Å². The summed E-state index contributed by atoms with van der Waals surface area (Å²) in [5.74, 6) is 0.247. The number of hydrogen-bond acceptors (Lipinski definition) is 6. The quantitative estimate of drug-likeness (QED) is 0.174. The summed E-state index contributed by atoms with van der Waals surface area (Å²) in [6.07, 6.45) is 2.21. The van der Waals surface area contributed by atoms with Crippen LogP contribution >= 0.6 is 0 Å². The molecule has 0 spiro atoms. The standard InChI is InChI=1S/C37H40N2O6/c1-37(2,3)45-36(42)39-25-30-21-31(18-17-28(30)23-33(39)35(40)41)43-19-11-6-12-20-44-34-24-29(26-13-7-4-8-14-26)22-32(38-34)27-15-9-5-10-16-27/h4-5,7-10,13-18,21-22,24,33H,6,11-12,19-20,23,25H2,1-3H3,(H,40,41). The molecule has 8 nitrogen and oxygen atoms in total. The minimum Gasteiger partial charge on any atom is -0.494 e. The van der Waals surface area contributed by atoms with E-state index < -0.39 is 23.7 Å². The van der Waals surface area contributed by atoms with Crippen molar-refractivity contribution in [2.75, 3.05) is 13.2 Å². The van der Waals surface area contributed by atoms with Crippen LogP contribution in [0.5, 0.6) is 11.6 Å². The zero-order valence-corrected chi connectivity index (χ0v) is 26.1. The molecule has 0 bridgehead atoms. The number of amides is 1. The first-order chi connectivity index (χ1) is 21.7. The van der Waals surface area contributed by atoms with Gasteiger partial charge in [0.1, 0.15) is 17.4 Å². The number of aromatic nitrogens is 1. The van der Waals surface area contributed by atoms with Crippen LogP contribution in [-0.2, 0) is 22.5 Å². The van der Waals surface area contributed by atoms with E-state index >= 15 is 0 Å². The molecular formula is C37H40N2O6. The van der Waals surface area contributed by atoms with Gasteiger partial charge in [0.25, 0.3) is 0 Å². The molecule has 1 N–H and O–H groups in total. The smallest absolute Gasteiger partial charge is 0.411 e. The number of carboxylic acid groups (broad SMARTS) is 1. The molecule has 1 aliphatic rings. The lowest BCUT2D eigenvalue weighted by Crippen LogP contribution is -2.50. The molecule has 1 aliphatic heterocycles. The van der Waals surface area contributed by atoms with Crippen molar-refractivity contribution in [1.29, 1.82) is 0 Å². The van der Waals surface area contributed by atoms with Gasteiger partial charge in [-0.15, -0.1) is 0 Å². The summed E-state index contributed by atoms with van der Waals surface area (Å²) in [6.45, 7) is 6.52. The molecule has 0 aliphatic carbocycles. The Balaban J connectivity index is 1.12. The van der Waals surface area contributed by atoms with E-state index in [4.69, 9.17) is 19.2 Å². The molecule has 8 heteroatoms. The normalized spacial score (nSPS) is 14.4. The fourth-order valence-electron chi connectivity index (χ4n) is 5.26. The fraction of sp³-hybridized carbons (Fsp3) is 0.324. The van der Waals surface area contributed by atoms with E-state index in [1.807, 2.05) is 72.8 Å². The summed E-state index contributed by atoms with van der Waals surface area (Å²) in [7, 11) is 0. The van der Waals surface area contributed by atoms with E-state index in [-0.39, 0.29) is 13.0 Å². The van der Waals surface area contributed by atoms with E-state index in [1.54, 1.807) is 20.8 Å². The van der Waals surface area contributed by atoms with E-state index in [0.717, 1.165) is 52.8 Å². The highest BCUT2D eigenvalue weighted by atomic mass is 16.6. The van der Waals surface area contributed by atoms with Crippen molar-refractivity contribution in [3.8, 4) is 34.0 Å². The molecule has 1 aromatic heterocycles. The minimum absolute atomic E-state index is 0.154. The monoisotopic (exact) mass is 608 g/mol. The molecule has 2 heterocycles. The van der Waals surface area contributed by atoms with Gasteiger partial charge in [0.05, 0.1) is 25.5 Å². The second-order valence-electron chi connectivity index (χ2n) is 12.2. The van der Waals surface area contributed by atoms with Gasteiger partial charge in [-0.25, -0.2) is 14.6 Å². The van der Waals surface area contributed by atoms with Crippen molar-refractivity contribution in [3.05, 3.63) is 102 Å². The Morgan fingerprint density at radius 3 is 2.13 bits per heavy atom. The van der Waals surface area contributed by atoms with E-state index in [0.29, 0.717) is 24.8 Å². The Kier molecular flexibility index (Phi) is 10.0. The number of pyridine rings is 1. The van der Waals surface area contributed by atoms with Crippen LogP contribution < -0.4 is 9.47 Å². The van der Waals surface area contributed by atoms with Crippen molar-refractivity contribution < 1.29 is 28.9 Å². The van der Waals surface area contributed by atoms with Gasteiger partial charge in [0, 0.05) is 18.1 Å². The van der Waals surface area contributed by atoms with Crippen LogP contribution in [-0.4, -0.2) is 51.9 Å². The number of carbonyl (C=O) groups is 2. The number of ether oxygens (including phenoxy) is 3. The van der Waals surface area contributed by atoms with Crippen LogP contribution in [0.25, 0.3) is 22.4 Å². The SMILES string of the molecule is CC(C)(C)OC(=O)N1Cc2cc(OCCCCCOc3cc(-c4ccccc4)cc(-c4ccccc4)n3)ccc2CC1C(=O)O. The molecule has 234 valence electrons. The van der Waals surface area contributed by atoms with Gasteiger partial charge in [-0.1, -0.05) is 66.7 Å². The van der Waals surface area contributed by atoms with Crippen LogP contribution in [0, 0.1) is 0 Å². The van der Waals surface area contributed by atoms with Gasteiger partial charge in [0.2, 0.25) is 5.88 Å². The summed E-state index contributed by atoms with van der Waals surface area (Å²) in [4.78, 5) is 30.7. The Morgan fingerprint density at radius 2 is 1.47 bits per heavy atom. The molecule has 5 rings (SSSR count). The third-order valence-corrected chi connectivity index (χ3v) is 7.51. The highest BCUT2D eigenvalue weighted by Crippen LogP contribution is 2.30. The second kappa shape index (κ2) is 14.3. The summed E-state index contributed by atoms with van der Waals surface area (Å²) in [5.41, 5.74) is 5.13. The zero-order chi connectivity index (χ0) is 31.8. The lowest BCUT2D eigenvalue weighted by atomic mass is 9.94. The van der Waals surface area contributed by atoms with Crippen LogP contribution in [0.15, 0.2) is 91.0 Å². The van der Waals surface area contributed by atoms with E-state index in [2.05, 4.69) is 18.2 Å². The van der Waals surface area contributed by atoms with Crippen molar-refractivity contribution in [1.82, 2.24) is 9.88 Å². The van der Waals surface area contributed by atoms with Gasteiger partial charge in [0.15, 0.2) is 0 Å². The van der Waals surface area contributed by atoms with Gasteiger partial charge in [-0.2, -0.15) is 0 Å². The predicted molar refractivity (Wildman–Crippen MR) is 173 cm³/mol. The molecule has 0 fully saturated rings. The number of fused-ring (bicyclic) bond motifs is 1. The Morgan fingerprint density at radius 1 is 0.800 bits per heavy atom. The Hall–Kier alpha value is -4.85. The molecule has 45 heavy (non-hydrogen) atoms. The van der Waals surface area contributed by atoms with Crippen molar-refractivity contribution >= 4 is 12.1 Å². The average molecular weight is 609 g/mol. The number of aliphatic carboxylic acids is 1. The molecule has 1 atom stereocenters. The minimum atomic E-state index is -1.05. The van der Waals surface area contributed by atoms with Crippen LogP contribution in [0.4, 0.5) is 4.79 Å². The maximum absolute atomic E-state index is 12.8. The Labute approximate surface area is 264 Å². The second-order valence-corrected chi connectivity index (χ2v) is 12.2. The Bertz CT molecular complexity index is 1540. The highest BCUT2D eigenvalue weighted by molar-refractivity contribution is 5.81. The number of nitrogens with zero attached hydrogens (tertiary/aromatic N) is 2.